The van der Waals surface area contributed by atoms with E-state index in [0.29, 0.717) is 31.4 Å². The lowest BCUT2D eigenvalue weighted by molar-refractivity contribution is 0.0776. The number of nitrogens with zero attached hydrogens (tertiary/aromatic N) is 1. The normalized spacial score (nSPS) is 24.2. The number of ether oxygens (including phenoxy) is 1. The van der Waals surface area contributed by atoms with Crippen molar-refractivity contribution in [3.05, 3.63) is 29.3 Å². The topological polar surface area (TPSA) is 58.6 Å². The minimum atomic E-state index is -0.0610. The minimum absolute atomic E-state index is 0.0610. The fraction of sp³-hybridized carbons (Fsp3) is 0.579. The zero-order valence-electron chi connectivity index (χ0n) is 13.9. The largest absolute Gasteiger partial charge is 0.379 e. The van der Waals surface area contributed by atoms with Gasteiger partial charge in [0.2, 0.25) is 0 Å². The monoisotopic (exact) mass is 328 g/mol. The van der Waals surface area contributed by atoms with Crippen LogP contribution in [0.2, 0.25) is 0 Å². The van der Waals surface area contributed by atoms with Crippen molar-refractivity contribution >= 4 is 17.5 Å². The van der Waals surface area contributed by atoms with E-state index in [-0.39, 0.29) is 11.8 Å². The smallest absolute Gasteiger partial charge is 0.321 e. The first kappa shape index (κ1) is 15.6. The van der Waals surface area contributed by atoms with E-state index in [0.717, 1.165) is 36.4 Å². The van der Waals surface area contributed by atoms with Crippen LogP contribution >= 0.6 is 0 Å². The highest BCUT2D eigenvalue weighted by Crippen LogP contribution is 2.35. The van der Waals surface area contributed by atoms with Crippen LogP contribution < -0.4 is 5.32 Å². The Labute approximate surface area is 142 Å². The lowest BCUT2D eigenvalue weighted by atomic mass is 9.76. The van der Waals surface area contributed by atoms with Crippen LogP contribution in [-0.2, 0) is 11.2 Å². The van der Waals surface area contributed by atoms with Gasteiger partial charge in [-0.05, 0) is 36.1 Å². The molecule has 1 N–H and O–H groups in total. The Morgan fingerprint density at radius 1 is 1.21 bits per heavy atom. The molecule has 128 valence electrons. The number of aryl methyl sites for hydroxylation is 1. The number of fused-ring (bicyclic) bond motifs is 1. The fourth-order valence-corrected chi connectivity index (χ4v) is 3.95. The van der Waals surface area contributed by atoms with Gasteiger partial charge in [0.15, 0.2) is 5.78 Å². The number of benzene rings is 1. The SMILES string of the molecule is O=C1CCc2cc(NC(=O)N3CCOC[C@@H](C4CCC4)C3)ccc21. The van der Waals surface area contributed by atoms with Crippen molar-refractivity contribution in [2.45, 2.75) is 32.1 Å². The van der Waals surface area contributed by atoms with Crippen LogP contribution in [0.5, 0.6) is 0 Å². The zero-order chi connectivity index (χ0) is 16.5. The van der Waals surface area contributed by atoms with Gasteiger partial charge >= 0.3 is 6.03 Å². The Balaban J connectivity index is 1.42. The van der Waals surface area contributed by atoms with Crippen molar-refractivity contribution in [2.24, 2.45) is 11.8 Å². The zero-order valence-corrected chi connectivity index (χ0v) is 13.9. The number of hydrogen-bond donors (Lipinski definition) is 1. The molecular weight excluding hydrogens is 304 g/mol. The highest BCUT2D eigenvalue weighted by atomic mass is 16.5. The number of rotatable bonds is 2. The summed E-state index contributed by atoms with van der Waals surface area (Å²) in [5, 5.41) is 3.00. The van der Waals surface area contributed by atoms with Crippen LogP contribution in [0.3, 0.4) is 0 Å². The Morgan fingerprint density at radius 3 is 2.88 bits per heavy atom. The van der Waals surface area contributed by atoms with Crippen LogP contribution in [0.15, 0.2) is 18.2 Å². The Morgan fingerprint density at radius 2 is 2.08 bits per heavy atom. The van der Waals surface area contributed by atoms with Crippen LogP contribution in [0, 0.1) is 11.8 Å². The van der Waals surface area contributed by atoms with Gasteiger partial charge in [-0.1, -0.05) is 19.3 Å². The van der Waals surface area contributed by atoms with Gasteiger partial charge < -0.3 is 15.0 Å². The minimum Gasteiger partial charge on any atom is -0.379 e. The molecule has 0 aromatic heterocycles. The van der Waals surface area contributed by atoms with E-state index >= 15 is 0 Å². The van der Waals surface area contributed by atoms with Crippen LogP contribution in [0.4, 0.5) is 10.5 Å². The molecule has 1 aliphatic heterocycles. The van der Waals surface area contributed by atoms with Crippen molar-refractivity contribution in [2.75, 3.05) is 31.6 Å². The third kappa shape index (κ3) is 3.05. The van der Waals surface area contributed by atoms with Gasteiger partial charge in [0.25, 0.3) is 0 Å². The maximum absolute atomic E-state index is 12.7. The highest BCUT2D eigenvalue weighted by molar-refractivity contribution is 6.01. The highest BCUT2D eigenvalue weighted by Gasteiger charge is 2.32. The summed E-state index contributed by atoms with van der Waals surface area (Å²) in [5.41, 5.74) is 2.63. The van der Waals surface area contributed by atoms with Crippen LogP contribution in [0.1, 0.15) is 41.6 Å². The van der Waals surface area contributed by atoms with E-state index in [1.165, 1.54) is 19.3 Å². The molecule has 1 atom stereocenters. The van der Waals surface area contributed by atoms with Crippen LogP contribution in [-0.4, -0.2) is 43.0 Å². The summed E-state index contributed by atoms with van der Waals surface area (Å²) in [6.07, 6.45) is 5.20. The molecule has 0 unspecified atom stereocenters. The molecule has 1 aromatic rings. The standard InChI is InChI=1S/C19H24N2O3/c22-18-7-4-14-10-16(5-6-17(14)18)20-19(23)21-8-9-24-12-15(11-21)13-2-1-3-13/h5-6,10,13,15H,1-4,7-9,11-12H2,(H,20,23)/t15-/m0/s1. The fourth-order valence-electron chi connectivity index (χ4n) is 3.95. The lowest BCUT2D eigenvalue weighted by Crippen LogP contribution is -2.41. The van der Waals surface area contributed by atoms with Crippen molar-refractivity contribution in [3.8, 4) is 0 Å². The van der Waals surface area contributed by atoms with Crippen LogP contribution in [0.25, 0.3) is 0 Å². The number of amides is 2. The van der Waals surface area contributed by atoms with Crippen molar-refractivity contribution < 1.29 is 14.3 Å². The van der Waals surface area contributed by atoms with Crippen molar-refractivity contribution in [3.63, 3.8) is 0 Å². The molecule has 2 fully saturated rings. The molecule has 1 saturated carbocycles. The number of ketones is 1. The van der Waals surface area contributed by atoms with E-state index < -0.39 is 0 Å². The summed E-state index contributed by atoms with van der Waals surface area (Å²) in [4.78, 5) is 26.2. The second-order valence-corrected chi connectivity index (χ2v) is 7.20. The summed E-state index contributed by atoms with van der Waals surface area (Å²) >= 11 is 0. The number of anilines is 1. The summed E-state index contributed by atoms with van der Waals surface area (Å²) in [7, 11) is 0. The average Bonchev–Trinajstić information content (AvgIpc) is 2.74. The molecule has 2 aliphatic carbocycles. The molecule has 5 nitrogen and oxygen atoms in total. The Bertz CT molecular complexity index is 654. The predicted octanol–water partition coefficient (Wildman–Crippen LogP) is 3.10. The predicted molar refractivity (Wildman–Crippen MR) is 91.3 cm³/mol. The van der Waals surface area contributed by atoms with Gasteiger partial charge in [-0.15, -0.1) is 0 Å². The molecule has 1 aromatic carbocycles. The summed E-state index contributed by atoms with van der Waals surface area (Å²) < 4.78 is 5.71. The third-order valence-corrected chi connectivity index (χ3v) is 5.67. The molecule has 0 spiro atoms. The van der Waals surface area contributed by atoms with E-state index in [1.54, 1.807) is 0 Å². The van der Waals surface area contributed by atoms with Crippen molar-refractivity contribution in [1.82, 2.24) is 4.90 Å². The first-order valence-corrected chi connectivity index (χ1v) is 9.00. The molecule has 2 amide bonds. The van der Waals surface area contributed by atoms with E-state index in [1.807, 2.05) is 23.1 Å². The molecule has 0 bridgehead atoms. The first-order valence-electron chi connectivity index (χ1n) is 9.00. The van der Waals surface area contributed by atoms with Gasteiger partial charge in [-0.25, -0.2) is 4.79 Å². The molecule has 4 rings (SSSR count). The maximum atomic E-state index is 12.7. The molecular formula is C19H24N2O3. The number of nitrogens with one attached hydrogen (secondary N) is 1. The molecule has 24 heavy (non-hydrogen) atoms. The second kappa shape index (κ2) is 6.55. The Kier molecular flexibility index (Phi) is 4.27. The average molecular weight is 328 g/mol. The van der Waals surface area contributed by atoms with Gasteiger partial charge in [-0.2, -0.15) is 0 Å². The maximum Gasteiger partial charge on any atom is 0.321 e. The summed E-state index contributed by atoms with van der Waals surface area (Å²) in [5.74, 6) is 1.38. The van der Waals surface area contributed by atoms with Gasteiger partial charge in [0.1, 0.15) is 0 Å². The quantitative estimate of drug-likeness (QED) is 0.907. The summed E-state index contributed by atoms with van der Waals surface area (Å²) in [6.45, 7) is 2.79. The summed E-state index contributed by atoms with van der Waals surface area (Å²) in [6, 6.07) is 5.55. The van der Waals surface area contributed by atoms with E-state index in [4.69, 9.17) is 4.74 Å². The molecule has 3 aliphatic rings. The van der Waals surface area contributed by atoms with E-state index in [9.17, 15) is 9.59 Å². The first-order chi connectivity index (χ1) is 11.7. The molecule has 1 heterocycles. The van der Waals surface area contributed by atoms with E-state index in [2.05, 4.69) is 5.32 Å². The third-order valence-electron chi connectivity index (χ3n) is 5.67. The number of Topliss-reactive ketones (excluding diaryl/α,β-unsaturated/α-hetero) is 1. The van der Waals surface area contributed by atoms with Gasteiger partial charge in [-0.3, -0.25) is 4.79 Å². The number of urea groups is 1. The lowest BCUT2D eigenvalue weighted by Gasteiger charge is -2.34. The van der Waals surface area contributed by atoms with Crippen molar-refractivity contribution in [1.29, 1.82) is 0 Å². The number of hydrogen-bond acceptors (Lipinski definition) is 3. The second-order valence-electron chi connectivity index (χ2n) is 7.20. The molecule has 0 radical (unpaired) electrons. The molecule has 5 heteroatoms. The van der Waals surface area contributed by atoms with Gasteiger partial charge in [0, 0.05) is 36.7 Å². The molecule has 1 saturated heterocycles. The van der Waals surface area contributed by atoms with Gasteiger partial charge in [0.05, 0.1) is 13.2 Å². The number of carbonyl (C=O) groups excluding carboxylic acids is 2. The Hall–Kier alpha value is -1.88. The number of carbonyl (C=O) groups is 2.